The molecule has 0 bridgehead atoms. The summed E-state index contributed by atoms with van der Waals surface area (Å²) >= 11 is 0. The fourth-order valence-corrected chi connectivity index (χ4v) is 4.70. The molecule has 2 rings (SSSR count). The maximum Gasteiger partial charge on any atom is 0.408 e. The van der Waals surface area contributed by atoms with E-state index in [1.54, 1.807) is 52.0 Å². The van der Waals surface area contributed by atoms with Crippen molar-refractivity contribution in [3.63, 3.8) is 0 Å². The largest absolute Gasteiger partial charge is 0.445 e. The van der Waals surface area contributed by atoms with Gasteiger partial charge in [-0.3, -0.25) is 30.0 Å². The Morgan fingerprint density at radius 3 is 1.88 bits per heavy atom. The van der Waals surface area contributed by atoms with Gasteiger partial charge in [-0.1, -0.05) is 81.4 Å². The Morgan fingerprint density at radius 2 is 1.31 bits per heavy atom. The van der Waals surface area contributed by atoms with E-state index in [0.717, 1.165) is 11.1 Å². The number of hydrogen-bond donors (Lipinski definition) is 5. The fraction of sp³-hybridized carbons (Fsp3) is 0.486. The zero-order valence-corrected chi connectivity index (χ0v) is 28.5. The first-order valence-corrected chi connectivity index (χ1v) is 16.0. The van der Waals surface area contributed by atoms with Gasteiger partial charge in [-0.05, 0) is 63.0 Å². The van der Waals surface area contributed by atoms with E-state index in [1.165, 1.54) is 0 Å². The lowest BCUT2D eigenvalue weighted by atomic mass is 9.91. The van der Waals surface area contributed by atoms with Gasteiger partial charge in [-0.25, -0.2) is 9.59 Å². The van der Waals surface area contributed by atoms with E-state index in [0.29, 0.717) is 0 Å². The molecule has 0 radical (unpaired) electrons. The van der Waals surface area contributed by atoms with Crippen LogP contribution in [0.1, 0.15) is 71.9 Å². The molecule has 13 heteroatoms. The summed E-state index contributed by atoms with van der Waals surface area (Å²) in [4.78, 5) is 76.2. The van der Waals surface area contributed by atoms with Gasteiger partial charge in [0.1, 0.15) is 18.2 Å². The van der Waals surface area contributed by atoms with Crippen LogP contribution < -0.4 is 27.2 Å². The van der Waals surface area contributed by atoms with Gasteiger partial charge in [0.2, 0.25) is 5.78 Å². The summed E-state index contributed by atoms with van der Waals surface area (Å²) < 4.78 is 10.5. The lowest BCUT2D eigenvalue weighted by Gasteiger charge is -2.24. The highest BCUT2D eigenvalue weighted by Crippen LogP contribution is 2.16. The molecule has 4 amide bonds. The monoisotopic (exact) mass is 667 g/mol. The van der Waals surface area contributed by atoms with Gasteiger partial charge in [-0.15, -0.1) is 0 Å². The van der Waals surface area contributed by atoms with Crippen molar-refractivity contribution in [1.29, 1.82) is 0 Å². The lowest BCUT2D eigenvalue weighted by Crippen LogP contribution is -2.55. The Bertz CT molecular complexity index is 1380. The molecule has 0 aliphatic carbocycles. The van der Waals surface area contributed by atoms with E-state index in [4.69, 9.17) is 15.2 Å². The fourth-order valence-electron chi connectivity index (χ4n) is 4.70. The Kier molecular flexibility index (Phi) is 15.7. The minimum atomic E-state index is -1.27. The molecule has 0 aliphatic rings. The third-order valence-electron chi connectivity index (χ3n) is 6.96. The van der Waals surface area contributed by atoms with Crippen LogP contribution in [0.15, 0.2) is 60.7 Å². The summed E-state index contributed by atoms with van der Waals surface area (Å²) in [6, 6.07) is 15.0. The molecule has 0 aromatic heterocycles. The van der Waals surface area contributed by atoms with Gasteiger partial charge < -0.3 is 25.8 Å². The van der Waals surface area contributed by atoms with Crippen molar-refractivity contribution in [2.75, 3.05) is 0 Å². The van der Waals surface area contributed by atoms with Crippen LogP contribution in [0.5, 0.6) is 0 Å². The highest BCUT2D eigenvalue weighted by atomic mass is 16.6. The summed E-state index contributed by atoms with van der Waals surface area (Å²) in [5.74, 6) is -3.64. The zero-order chi connectivity index (χ0) is 35.9. The van der Waals surface area contributed by atoms with Crippen LogP contribution in [0.3, 0.4) is 0 Å². The first-order chi connectivity index (χ1) is 22.5. The Labute approximate surface area is 282 Å². The minimum absolute atomic E-state index is 0.00301. The molecule has 4 atom stereocenters. The van der Waals surface area contributed by atoms with Gasteiger partial charge in [0.05, 0.1) is 12.1 Å². The van der Waals surface area contributed by atoms with Crippen molar-refractivity contribution in [2.45, 2.75) is 97.6 Å². The van der Waals surface area contributed by atoms with E-state index in [-0.39, 0.29) is 44.0 Å². The zero-order valence-electron chi connectivity index (χ0n) is 28.5. The number of ether oxygens (including phenoxy) is 2. The van der Waals surface area contributed by atoms with Crippen LogP contribution in [0, 0.1) is 11.8 Å². The first kappa shape index (κ1) is 39.4. The second kappa shape index (κ2) is 19.1. The maximum absolute atomic E-state index is 13.3. The van der Waals surface area contributed by atoms with Crippen molar-refractivity contribution >= 4 is 35.6 Å². The lowest BCUT2D eigenvalue weighted by molar-refractivity contribution is -0.140. The second-order valence-electron chi connectivity index (χ2n) is 13.2. The SMILES string of the molecule is CC(C)C[C@H](NC(=O)OCc1ccccc1)C(=O)NNC(=O)C(=O)[C@@H](N)CC(C)CC(=O)[C@H](Cc1ccccc1)NC(=O)OC(C)(C)C. The van der Waals surface area contributed by atoms with Gasteiger partial charge in [-0.2, -0.15) is 0 Å². The highest BCUT2D eigenvalue weighted by Gasteiger charge is 2.30. The topological polar surface area (TPSA) is 195 Å². The third kappa shape index (κ3) is 15.2. The first-order valence-electron chi connectivity index (χ1n) is 16.0. The molecule has 2 aromatic carbocycles. The van der Waals surface area contributed by atoms with E-state index >= 15 is 0 Å². The summed E-state index contributed by atoms with van der Waals surface area (Å²) in [6.07, 6.45) is -1.13. The molecule has 0 saturated heterocycles. The average molecular weight is 668 g/mol. The standard InChI is InChI=1S/C35H49N5O8/c1-22(2)17-28(38-33(45)47-21-25-15-11-8-12-16-25)31(43)39-40-32(44)30(42)26(36)18-23(3)19-29(41)27(20-24-13-9-7-10-14-24)37-34(46)48-35(4,5)6/h7-16,22-23,26-28H,17-21,36H2,1-6H3,(H,37,46)(H,38,45)(H,39,43)(H,40,44)/t23?,26-,27-,28-/m0/s1. The predicted molar refractivity (Wildman–Crippen MR) is 179 cm³/mol. The van der Waals surface area contributed by atoms with Crippen LogP contribution in [-0.2, 0) is 41.7 Å². The molecule has 48 heavy (non-hydrogen) atoms. The maximum atomic E-state index is 13.3. The number of alkyl carbamates (subject to hydrolysis) is 2. The molecule has 0 fully saturated rings. The van der Waals surface area contributed by atoms with Crippen LogP contribution in [-0.4, -0.2) is 59.3 Å². The van der Waals surface area contributed by atoms with E-state index in [1.807, 2.05) is 50.2 Å². The summed E-state index contributed by atoms with van der Waals surface area (Å²) in [6.45, 7) is 10.6. The van der Waals surface area contributed by atoms with E-state index in [2.05, 4.69) is 21.5 Å². The quantitative estimate of drug-likeness (QED) is 0.132. The number of nitrogens with one attached hydrogen (secondary N) is 4. The van der Waals surface area contributed by atoms with Gasteiger partial charge >= 0.3 is 18.1 Å². The smallest absolute Gasteiger partial charge is 0.408 e. The molecule has 0 spiro atoms. The van der Waals surface area contributed by atoms with E-state index < -0.39 is 59.4 Å². The third-order valence-corrected chi connectivity index (χ3v) is 6.96. The number of ketones is 2. The molecule has 2 aromatic rings. The Morgan fingerprint density at radius 1 is 0.750 bits per heavy atom. The normalized spacial score (nSPS) is 13.7. The molecule has 0 aliphatic heterocycles. The van der Waals surface area contributed by atoms with Crippen molar-refractivity contribution in [3.8, 4) is 0 Å². The van der Waals surface area contributed by atoms with Crippen LogP contribution in [0.25, 0.3) is 0 Å². The predicted octanol–water partition coefficient (Wildman–Crippen LogP) is 3.49. The number of benzene rings is 2. The van der Waals surface area contributed by atoms with Crippen LogP contribution in [0.4, 0.5) is 9.59 Å². The molecule has 0 heterocycles. The summed E-state index contributed by atoms with van der Waals surface area (Å²) in [5, 5.41) is 5.13. The van der Waals surface area contributed by atoms with Crippen molar-refractivity contribution in [1.82, 2.24) is 21.5 Å². The summed E-state index contributed by atoms with van der Waals surface area (Å²) in [5.41, 5.74) is 11.1. The Balaban J connectivity index is 1.91. The van der Waals surface area contributed by atoms with E-state index in [9.17, 15) is 28.8 Å². The number of rotatable bonds is 16. The molecule has 0 saturated carbocycles. The molecule has 262 valence electrons. The molecule has 13 nitrogen and oxygen atoms in total. The molecule has 6 N–H and O–H groups in total. The molecule has 1 unspecified atom stereocenters. The number of hydrazine groups is 1. The van der Waals surface area contributed by atoms with Crippen LogP contribution in [0.2, 0.25) is 0 Å². The number of Topliss-reactive ketones (excluding diaryl/α,β-unsaturated/α-hetero) is 2. The molecular weight excluding hydrogens is 618 g/mol. The number of amides is 4. The van der Waals surface area contributed by atoms with Gasteiger partial charge in [0.15, 0.2) is 5.78 Å². The highest BCUT2D eigenvalue weighted by molar-refractivity contribution is 6.38. The van der Waals surface area contributed by atoms with Gasteiger partial charge in [0.25, 0.3) is 5.91 Å². The van der Waals surface area contributed by atoms with Gasteiger partial charge in [0, 0.05) is 6.42 Å². The average Bonchev–Trinajstić information content (AvgIpc) is 3.01. The van der Waals surface area contributed by atoms with Crippen molar-refractivity contribution < 1.29 is 38.2 Å². The number of nitrogens with two attached hydrogens (primary N) is 1. The summed E-state index contributed by atoms with van der Waals surface area (Å²) in [7, 11) is 0. The number of hydrogen-bond acceptors (Lipinski definition) is 9. The Hall–Kier alpha value is -4.78. The molecular formula is C35H49N5O8. The van der Waals surface area contributed by atoms with Crippen molar-refractivity contribution in [3.05, 3.63) is 71.8 Å². The van der Waals surface area contributed by atoms with Crippen LogP contribution >= 0.6 is 0 Å². The second-order valence-corrected chi connectivity index (χ2v) is 13.2. The van der Waals surface area contributed by atoms with Crippen molar-refractivity contribution in [2.24, 2.45) is 17.6 Å². The number of carbonyl (C=O) groups excluding carboxylic acids is 6. The minimum Gasteiger partial charge on any atom is -0.445 e. The number of carbonyl (C=O) groups is 6.